The maximum absolute atomic E-state index is 11.3. The Morgan fingerprint density at radius 2 is 2.17 bits per heavy atom. The predicted molar refractivity (Wildman–Crippen MR) is 112 cm³/mol. The first-order chi connectivity index (χ1) is 14.1. The van der Waals surface area contributed by atoms with Crippen molar-refractivity contribution >= 4 is 22.8 Å². The summed E-state index contributed by atoms with van der Waals surface area (Å²) in [5, 5.41) is 9.30. The van der Waals surface area contributed by atoms with Gasteiger partial charge in [-0.05, 0) is 57.0 Å². The average Bonchev–Trinajstić information content (AvgIpc) is 3.31. The Kier molecular flexibility index (Phi) is 5.49. The number of benzene rings is 1. The Balaban J connectivity index is 1.72. The van der Waals surface area contributed by atoms with E-state index in [2.05, 4.69) is 21.4 Å². The lowest BCUT2D eigenvalue weighted by Gasteiger charge is -2.22. The van der Waals surface area contributed by atoms with Crippen LogP contribution in [0.3, 0.4) is 0 Å². The van der Waals surface area contributed by atoms with E-state index in [1.54, 1.807) is 12.1 Å². The molecule has 4 rings (SSSR count). The monoisotopic (exact) mass is 394 g/mol. The molecule has 7 heteroatoms. The number of aromatic carboxylic acids is 1. The zero-order chi connectivity index (χ0) is 20.4. The summed E-state index contributed by atoms with van der Waals surface area (Å²) in [6.07, 6.45) is 4.25. The minimum absolute atomic E-state index is 0.231. The van der Waals surface area contributed by atoms with Crippen LogP contribution < -0.4 is 4.90 Å². The molecular formula is C22H26N4O3. The summed E-state index contributed by atoms with van der Waals surface area (Å²) in [6.45, 7) is 7.08. The molecule has 152 valence electrons. The highest BCUT2D eigenvalue weighted by molar-refractivity contribution is 5.93. The Morgan fingerprint density at radius 1 is 1.31 bits per heavy atom. The van der Waals surface area contributed by atoms with E-state index >= 15 is 0 Å². The number of fused-ring (bicyclic) bond motifs is 1. The number of aromatic nitrogens is 3. The first kappa shape index (κ1) is 19.4. The van der Waals surface area contributed by atoms with Gasteiger partial charge in [0, 0.05) is 37.5 Å². The van der Waals surface area contributed by atoms with Gasteiger partial charge >= 0.3 is 5.97 Å². The summed E-state index contributed by atoms with van der Waals surface area (Å²) in [5.41, 5.74) is 2.69. The molecule has 1 atom stereocenters. The van der Waals surface area contributed by atoms with Crippen LogP contribution in [0.5, 0.6) is 0 Å². The number of carbonyl (C=O) groups is 1. The number of carboxylic acid groups (broad SMARTS) is 1. The van der Waals surface area contributed by atoms with Crippen molar-refractivity contribution in [1.82, 2.24) is 14.5 Å². The van der Waals surface area contributed by atoms with E-state index in [0.717, 1.165) is 29.3 Å². The number of hydrogen-bond acceptors (Lipinski definition) is 5. The van der Waals surface area contributed by atoms with Crippen molar-refractivity contribution in [3.05, 3.63) is 42.1 Å². The van der Waals surface area contributed by atoms with Crippen molar-refractivity contribution in [2.45, 2.75) is 39.3 Å². The summed E-state index contributed by atoms with van der Waals surface area (Å²) < 4.78 is 7.62. The SMILES string of the molecule is CCOCCn1c(-c2ccc(N3CCCC3C)nc2)nc2cc(C(=O)O)ccc21. The van der Waals surface area contributed by atoms with Gasteiger partial charge in [0.15, 0.2) is 0 Å². The summed E-state index contributed by atoms with van der Waals surface area (Å²) >= 11 is 0. The molecule has 1 fully saturated rings. The Labute approximate surface area is 170 Å². The van der Waals surface area contributed by atoms with E-state index in [1.165, 1.54) is 12.8 Å². The molecule has 1 unspecified atom stereocenters. The molecule has 0 spiro atoms. The maximum Gasteiger partial charge on any atom is 0.335 e. The zero-order valence-electron chi connectivity index (χ0n) is 16.8. The van der Waals surface area contributed by atoms with Crippen molar-refractivity contribution in [2.75, 3.05) is 24.7 Å². The van der Waals surface area contributed by atoms with E-state index < -0.39 is 5.97 Å². The number of nitrogens with zero attached hydrogens (tertiary/aromatic N) is 4. The fraction of sp³-hybridized carbons (Fsp3) is 0.409. The van der Waals surface area contributed by atoms with Gasteiger partial charge in [-0.3, -0.25) is 0 Å². The Morgan fingerprint density at radius 3 is 2.83 bits per heavy atom. The van der Waals surface area contributed by atoms with Crippen molar-refractivity contribution in [1.29, 1.82) is 0 Å². The molecule has 2 aromatic heterocycles. The summed E-state index contributed by atoms with van der Waals surface area (Å²) in [5.74, 6) is 0.808. The predicted octanol–water partition coefficient (Wildman–Crippen LogP) is 3.82. The standard InChI is InChI=1S/C22H26N4O3/c1-3-29-12-11-26-19-8-6-16(22(27)28)13-18(19)24-21(26)17-7-9-20(23-14-17)25-10-4-5-15(25)2/h6-9,13-15H,3-5,10-12H2,1-2H3,(H,27,28). The smallest absolute Gasteiger partial charge is 0.335 e. The van der Waals surface area contributed by atoms with E-state index in [1.807, 2.05) is 31.3 Å². The van der Waals surface area contributed by atoms with Gasteiger partial charge in [0.25, 0.3) is 0 Å². The third-order valence-electron chi connectivity index (χ3n) is 5.51. The van der Waals surface area contributed by atoms with E-state index in [4.69, 9.17) is 9.72 Å². The van der Waals surface area contributed by atoms with Gasteiger partial charge in [-0.15, -0.1) is 0 Å². The fourth-order valence-corrected chi connectivity index (χ4v) is 3.97. The number of imidazole rings is 1. The van der Waals surface area contributed by atoms with Crippen LogP contribution in [0, 0.1) is 0 Å². The number of anilines is 1. The first-order valence-corrected chi connectivity index (χ1v) is 10.1. The largest absolute Gasteiger partial charge is 0.478 e. The molecule has 1 N–H and O–H groups in total. The highest BCUT2D eigenvalue weighted by Crippen LogP contribution is 2.28. The lowest BCUT2D eigenvalue weighted by atomic mass is 10.2. The lowest BCUT2D eigenvalue weighted by Crippen LogP contribution is -2.26. The molecule has 1 saturated heterocycles. The van der Waals surface area contributed by atoms with Gasteiger partial charge < -0.3 is 19.3 Å². The van der Waals surface area contributed by atoms with Crippen LogP contribution in [0.4, 0.5) is 5.82 Å². The van der Waals surface area contributed by atoms with Crippen LogP contribution in [0.2, 0.25) is 0 Å². The summed E-state index contributed by atoms with van der Waals surface area (Å²) in [7, 11) is 0. The quantitative estimate of drug-likeness (QED) is 0.614. The summed E-state index contributed by atoms with van der Waals surface area (Å²) in [4.78, 5) is 23.1. The highest BCUT2D eigenvalue weighted by atomic mass is 16.5. The van der Waals surface area contributed by atoms with Crippen LogP contribution in [0.15, 0.2) is 36.5 Å². The zero-order valence-corrected chi connectivity index (χ0v) is 16.8. The molecule has 1 aromatic carbocycles. The van der Waals surface area contributed by atoms with Gasteiger partial charge in [0.1, 0.15) is 11.6 Å². The number of hydrogen-bond donors (Lipinski definition) is 1. The minimum atomic E-state index is -0.955. The van der Waals surface area contributed by atoms with Crippen LogP contribution >= 0.6 is 0 Å². The second-order valence-corrected chi connectivity index (χ2v) is 7.38. The molecule has 0 saturated carbocycles. The molecule has 1 aliphatic rings. The van der Waals surface area contributed by atoms with Crippen LogP contribution in [0.1, 0.15) is 37.0 Å². The molecule has 0 aliphatic carbocycles. The van der Waals surface area contributed by atoms with Gasteiger partial charge in [-0.25, -0.2) is 14.8 Å². The van der Waals surface area contributed by atoms with Gasteiger partial charge in [0.2, 0.25) is 0 Å². The first-order valence-electron chi connectivity index (χ1n) is 10.1. The third kappa shape index (κ3) is 3.82. The summed E-state index contributed by atoms with van der Waals surface area (Å²) in [6, 6.07) is 9.65. The molecule has 7 nitrogen and oxygen atoms in total. The van der Waals surface area contributed by atoms with E-state index in [-0.39, 0.29) is 5.56 Å². The molecular weight excluding hydrogens is 368 g/mol. The molecule has 29 heavy (non-hydrogen) atoms. The van der Waals surface area contributed by atoms with Crippen LogP contribution in [0.25, 0.3) is 22.4 Å². The van der Waals surface area contributed by atoms with Crippen LogP contribution in [-0.4, -0.2) is 51.4 Å². The van der Waals surface area contributed by atoms with Gasteiger partial charge in [-0.2, -0.15) is 0 Å². The lowest BCUT2D eigenvalue weighted by molar-refractivity contribution is 0.0697. The van der Waals surface area contributed by atoms with Crippen LogP contribution in [-0.2, 0) is 11.3 Å². The minimum Gasteiger partial charge on any atom is -0.478 e. The van der Waals surface area contributed by atoms with Crippen molar-refractivity contribution in [3.8, 4) is 11.4 Å². The maximum atomic E-state index is 11.3. The molecule has 3 heterocycles. The molecule has 3 aromatic rings. The van der Waals surface area contributed by atoms with Crippen molar-refractivity contribution < 1.29 is 14.6 Å². The topological polar surface area (TPSA) is 80.5 Å². The van der Waals surface area contributed by atoms with Crippen molar-refractivity contribution in [2.24, 2.45) is 0 Å². The molecule has 0 radical (unpaired) electrons. The number of carboxylic acids is 1. The molecule has 0 bridgehead atoms. The van der Waals surface area contributed by atoms with Crippen molar-refractivity contribution in [3.63, 3.8) is 0 Å². The molecule has 0 amide bonds. The second kappa shape index (κ2) is 8.21. The average molecular weight is 394 g/mol. The normalized spacial score (nSPS) is 16.6. The molecule has 1 aliphatic heterocycles. The van der Waals surface area contributed by atoms with Gasteiger partial charge in [0.05, 0.1) is 23.2 Å². The Bertz CT molecular complexity index is 1010. The second-order valence-electron chi connectivity index (χ2n) is 7.38. The fourth-order valence-electron chi connectivity index (χ4n) is 3.97. The third-order valence-corrected chi connectivity index (χ3v) is 5.51. The van der Waals surface area contributed by atoms with E-state index in [0.29, 0.717) is 31.3 Å². The van der Waals surface area contributed by atoms with E-state index in [9.17, 15) is 9.90 Å². The number of pyridine rings is 1. The number of ether oxygens (including phenoxy) is 1. The number of rotatable bonds is 7. The Hall–Kier alpha value is -2.93. The highest BCUT2D eigenvalue weighted by Gasteiger charge is 2.22. The van der Waals surface area contributed by atoms with Gasteiger partial charge in [-0.1, -0.05) is 0 Å².